The quantitative estimate of drug-likeness (QED) is 0.499. The van der Waals surface area contributed by atoms with Crippen molar-refractivity contribution >= 4 is 0 Å². The predicted molar refractivity (Wildman–Crippen MR) is 24.9 cm³/mol. The van der Waals surface area contributed by atoms with Crippen molar-refractivity contribution in [2.24, 2.45) is 0 Å². The van der Waals surface area contributed by atoms with Gasteiger partial charge in [-0.25, -0.2) is 0 Å². The first-order chi connectivity index (χ1) is 2.91. The van der Waals surface area contributed by atoms with Crippen molar-refractivity contribution in [3.63, 3.8) is 0 Å². The molecule has 6 heavy (non-hydrogen) atoms. The van der Waals surface area contributed by atoms with Crippen LogP contribution in [0.25, 0.3) is 0 Å². The molecule has 0 unspecified atom stereocenters. The monoisotopic (exact) mass is 85.1 g/mol. The Labute approximate surface area is 39.0 Å². The van der Waals surface area contributed by atoms with Crippen molar-refractivity contribution in [1.82, 2.24) is 0 Å². The van der Waals surface area contributed by atoms with Gasteiger partial charge in [0, 0.05) is 6.61 Å². The van der Waals surface area contributed by atoms with E-state index in [1.807, 2.05) is 0 Å². The lowest BCUT2D eigenvalue weighted by molar-refractivity contribution is 0.323. The summed E-state index contributed by atoms with van der Waals surface area (Å²) in [7, 11) is 0. The molecule has 1 nitrogen and oxygen atoms in total. The molecule has 0 aromatic heterocycles. The highest BCUT2D eigenvalue weighted by molar-refractivity contribution is 4.61. The zero-order valence-electron chi connectivity index (χ0n) is 3.72. The average molecular weight is 85.1 g/mol. The molecule has 3 radical (unpaired) electrons. The lowest BCUT2D eigenvalue weighted by Crippen LogP contribution is -1.80. The Bertz CT molecular complexity index is 15.9. The first kappa shape index (κ1) is 5.96. The summed E-state index contributed by atoms with van der Waals surface area (Å²) in [6, 6.07) is 0. The van der Waals surface area contributed by atoms with E-state index in [1.54, 1.807) is 6.42 Å². The molecular weight excluding hydrogens is 76.1 g/mol. The van der Waals surface area contributed by atoms with Crippen molar-refractivity contribution in [3.05, 3.63) is 13.3 Å². The van der Waals surface area contributed by atoms with Crippen LogP contribution in [0.4, 0.5) is 0 Å². The van der Waals surface area contributed by atoms with E-state index >= 15 is 0 Å². The minimum absolute atomic E-state index is 0.150. The first-order valence-electron chi connectivity index (χ1n) is 2.04. The van der Waals surface area contributed by atoms with E-state index in [0.717, 1.165) is 6.42 Å². The van der Waals surface area contributed by atoms with Crippen LogP contribution in [-0.2, 0) is 0 Å². The highest BCUT2D eigenvalue weighted by atomic mass is 16.2. The minimum Gasteiger partial charge on any atom is -0.396 e. The lowest BCUT2D eigenvalue weighted by Gasteiger charge is -1.85. The summed E-state index contributed by atoms with van der Waals surface area (Å²) in [5.74, 6) is 0. The maximum atomic E-state index is 8.09. The molecule has 0 saturated heterocycles. The smallest absolute Gasteiger partial charge is 0.0462 e. The summed E-state index contributed by atoms with van der Waals surface area (Å²) < 4.78 is 0. The van der Waals surface area contributed by atoms with Gasteiger partial charge >= 0.3 is 0 Å². The van der Waals surface area contributed by atoms with Crippen LogP contribution in [0, 0.1) is 13.3 Å². The van der Waals surface area contributed by atoms with Gasteiger partial charge in [0.2, 0.25) is 0 Å². The van der Waals surface area contributed by atoms with Crippen molar-refractivity contribution in [2.45, 2.75) is 12.8 Å². The van der Waals surface area contributed by atoms with E-state index in [9.17, 15) is 0 Å². The van der Waals surface area contributed by atoms with E-state index in [-0.39, 0.29) is 6.61 Å². The van der Waals surface area contributed by atoms with Crippen LogP contribution in [0.3, 0.4) is 0 Å². The molecule has 0 heterocycles. The Balaban J connectivity index is 2.34. The van der Waals surface area contributed by atoms with E-state index in [4.69, 9.17) is 12.0 Å². The second-order valence-electron chi connectivity index (χ2n) is 1.05. The fourth-order valence-electron chi connectivity index (χ4n) is 0.209. The van der Waals surface area contributed by atoms with Crippen LogP contribution >= 0.6 is 0 Å². The summed E-state index contributed by atoms with van der Waals surface area (Å²) in [6.45, 7) is 5.22. The number of aliphatic hydroxyl groups excluding tert-OH is 1. The lowest BCUT2D eigenvalue weighted by atomic mass is 10.3. The molecule has 0 aliphatic heterocycles. The van der Waals surface area contributed by atoms with E-state index in [0.29, 0.717) is 6.42 Å². The molecule has 0 aromatic carbocycles. The third-order valence-electron chi connectivity index (χ3n) is 0.500. The largest absolute Gasteiger partial charge is 0.396 e. The summed E-state index contributed by atoms with van der Waals surface area (Å²) in [6.07, 6.45) is 3.19. The van der Waals surface area contributed by atoms with Gasteiger partial charge < -0.3 is 5.11 Å². The van der Waals surface area contributed by atoms with Crippen LogP contribution < -0.4 is 0 Å². The molecule has 0 fully saturated rings. The van der Waals surface area contributed by atoms with Gasteiger partial charge in [-0.1, -0.05) is 0 Å². The number of rotatable bonds is 3. The van der Waals surface area contributed by atoms with Gasteiger partial charge in [-0.05, 0) is 26.2 Å². The zero-order chi connectivity index (χ0) is 4.83. The fourth-order valence-corrected chi connectivity index (χ4v) is 0.209. The number of hydrogen-bond donors (Lipinski definition) is 1. The SMILES string of the molecule is [CH]CC[CH]CO. The van der Waals surface area contributed by atoms with Crippen LogP contribution in [0.2, 0.25) is 0 Å². The summed E-state index contributed by atoms with van der Waals surface area (Å²) in [4.78, 5) is 0. The maximum Gasteiger partial charge on any atom is 0.0462 e. The maximum absolute atomic E-state index is 8.09. The van der Waals surface area contributed by atoms with Crippen molar-refractivity contribution in [2.75, 3.05) is 6.61 Å². The second kappa shape index (κ2) is 4.96. The molecule has 1 N–H and O–H groups in total. The fraction of sp³-hybridized carbons (Fsp3) is 0.600. The van der Waals surface area contributed by atoms with E-state index < -0.39 is 0 Å². The molecule has 0 spiro atoms. The Hall–Kier alpha value is -0.0400. The normalized spacial score (nSPS) is 9.00. The average Bonchev–Trinajstić information content (AvgIpc) is 1.61. The van der Waals surface area contributed by atoms with Gasteiger partial charge in [0.05, 0.1) is 0 Å². The van der Waals surface area contributed by atoms with Crippen molar-refractivity contribution in [3.8, 4) is 0 Å². The van der Waals surface area contributed by atoms with Gasteiger partial charge in [0.25, 0.3) is 0 Å². The molecule has 0 rings (SSSR count). The van der Waals surface area contributed by atoms with Crippen LogP contribution in [0.5, 0.6) is 0 Å². The summed E-state index contributed by atoms with van der Waals surface area (Å²) in [5, 5.41) is 8.09. The Kier molecular flexibility index (Phi) is 4.93. The molecule has 0 aromatic rings. The summed E-state index contributed by atoms with van der Waals surface area (Å²) >= 11 is 0. The molecule has 0 atom stereocenters. The van der Waals surface area contributed by atoms with Gasteiger partial charge in [0.1, 0.15) is 0 Å². The van der Waals surface area contributed by atoms with Gasteiger partial charge in [-0.2, -0.15) is 0 Å². The minimum atomic E-state index is 0.150. The third kappa shape index (κ3) is 3.96. The molecule has 0 aliphatic carbocycles. The van der Waals surface area contributed by atoms with Crippen LogP contribution in [0.1, 0.15) is 12.8 Å². The highest BCUT2D eigenvalue weighted by Crippen LogP contribution is 1.87. The van der Waals surface area contributed by atoms with Gasteiger partial charge in [-0.3, -0.25) is 0 Å². The standard InChI is InChI=1S/C5H9O/c1-2-3-4-5-6/h1,4,6H,2-3,5H2. The number of hydrogen-bond acceptors (Lipinski definition) is 1. The van der Waals surface area contributed by atoms with E-state index in [1.165, 1.54) is 0 Å². The number of unbranched alkanes of at least 4 members (excludes halogenated alkanes) is 2. The molecule has 0 bridgehead atoms. The molecule has 0 saturated carbocycles. The Morgan fingerprint density at radius 2 is 2.33 bits per heavy atom. The predicted octanol–water partition coefficient (Wildman–Crippen LogP) is 0.674. The Morgan fingerprint density at radius 1 is 1.67 bits per heavy atom. The molecule has 0 amide bonds. The van der Waals surface area contributed by atoms with Gasteiger partial charge in [0.15, 0.2) is 0 Å². The molecular formula is C5H9O. The van der Waals surface area contributed by atoms with Crippen molar-refractivity contribution in [1.29, 1.82) is 0 Å². The molecule has 35 valence electrons. The van der Waals surface area contributed by atoms with Gasteiger partial charge in [-0.15, -0.1) is 0 Å². The first-order valence-corrected chi connectivity index (χ1v) is 2.04. The number of aliphatic hydroxyl groups is 1. The zero-order valence-corrected chi connectivity index (χ0v) is 3.72. The second-order valence-corrected chi connectivity index (χ2v) is 1.05. The highest BCUT2D eigenvalue weighted by Gasteiger charge is 1.77. The summed E-state index contributed by atoms with van der Waals surface area (Å²) in [5.41, 5.74) is 0. The topological polar surface area (TPSA) is 20.2 Å². The van der Waals surface area contributed by atoms with Crippen LogP contribution in [0.15, 0.2) is 0 Å². The van der Waals surface area contributed by atoms with Crippen LogP contribution in [-0.4, -0.2) is 11.7 Å². The third-order valence-corrected chi connectivity index (χ3v) is 0.500. The Morgan fingerprint density at radius 3 is 2.50 bits per heavy atom. The van der Waals surface area contributed by atoms with Crippen molar-refractivity contribution < 1.29 is 5.11 Å². The molecule has 0 aliphatic rings. The van der Waals surface area contributed by atoms with E-state index in [2.05, 4.69) is 0 Å². The molecule has 1 heteroatoms.